The van der Waals surface area contributed by atoms with Crippen molar-refractivity contribution in [1.82, 2.24) is 0 Å². The van der Waals surface area contributed by atoms with E-state index in [9.17, 15) is 23.8 Å². The Balaban J connectivity index is 0.00000158. The van der Waals surface area contributed by atoms with E-state index in [4.69, 9.17) is 0 Å². The lowest BCUT2D eigenvalue weighted by molar-refractivity contribution is -0.129. The summed E-state index contributed by atoms with van der Waals surface area (Å²) in [5.41, 5.74) is 3.58. The molecule has 1 aliphatic carbocycles. The maximum absolute atomic E-state index is 13.4. The van der Waals surface area contributed by atoms with Gasteiger partial charge in [-0.2, -0.15) is 0 Å². The van der Waals surface area contributed by atoms with Crippen LogP contribution in [-0.4, -0.2) is 28.8 Å². The van der Waals surface area contributed by atoms with E-state index in [1.807, 2.05) is 26.0 Å². The Morgan fingerprint density at radius 3 is 2.15 bits per heavy atom. The molecule has 4 nitrogen and oxygen atoms in total. The van der Waals surface area contributed by atoms with Gasteiger partial charge in [-0.3, -0.25) is 4.79 Å². The molecule has 1 saturated heterocycles. The summed E-state index contributed by atoms with van der Waals surface area (Å²) < 4.78 is 26.6. The van der Waals surface area contributed by atoms with Crippen molar-refractivity contribution in [3.8, 4) is 0 Å². The lowest BCUT2D eigenvalue weighted by atomic mass is 9.75. The summed E-state index contributed by atoms with van der Waals surface area (Å²) in [5, 5.41) is 19.7. The van der Waals surface area contributed by atoms with Crippen molar-refractivity contribution in [2.45, 2.75) is 58.1 Å². The molecule has 0 bridgehead atoms. The van der Waals surface area contributed by atoms with Crippen molar-refractivity contribution in [1.29, 1.82) is 0 Å². The first-order valence-electron chi connectivity index (χ1n) is 12.0. The summed E-state index contributed by atoms with van der Waals surface area (Å²) in [6, 6.07) is 11.5. The van der Waals surface area contributed by atoms with Crippen molar-refractivity contribution >= 4 is 11.6 Å². The standard InChI is InChI=1S/C26H27F2NO3.C2H6/c27-20-7-5-18(6-8-20)24(31)14-13-23-25(19-3-1-17(2-4-19)15-16-30)29(26(23)32)22-11-9-21(28)10-12-22;1-2/h1,3,5-12,23-25,30-31H,2,4,13-16H2;1-2H3/t23-,24+,25-;/m1./s1. The highest BCUT2D eigenvalue weighted by Gasteiger charge is 2.49. The lowest BCUT2D eigenvalue weighted by Crippen LogP contribution is -2.62. The molecule has 0 spiro atoms. The molecular formula is C28H33F2NO3. The van der Waals surface area contributed by atoms with Crippen LogP contribution >= 0.6 is 0 Å². The summed E-state index contributed by atoms with van der Waals surface area (Å²) >= 11 is 0. The number of aliphatic hydroxyl groups is 2. The zero-order valence-electron chi connectivity index (χ0n) is 19.8. The molecule has 1 fully saturated rings. The average Bonchev–Trinajstić information content (AvgIpc) is 2.86. The first kappa shape index (κ1) is 25.8. The predicted octanol–water partition coefficient (Wildman–Crippen LogP) is 5.87. The van der Waals surface area contributed by atoms with Gasteiger partial charge in [-0.25, -0.2) is 8.78 Å². The van der Waals surface area contributed by atoms with E-state index in [1.54, 1.807) is 29.2 Å². The number of halogens is 2. The van der Waals surface area contributed by atoms with E-state index in [0.717, 1.165) is 18.4 Å². The second kappa shape index (κ2) is 12.0. The summed E-state index contributed by atoms with van der Waals surface area (Å²) in [7, 11) is 0. The Bertz CT molecular complexity index is 1010. The van der Waals surface area contributed by atoms with Gasteiger partial charge in [0.2, 0.25) is 5.91 Å². The highest BCUT2D eigenvalue weighted by Crippen LogP contribution is 2.42. The largest absolute Gasteiger partial charge is 0.396 e. The van der Waals surface area contributed by atoms with Crippen LogP contribution in [0.25, 0.3) is 0 Å². The molecule has 2 aromatic carbocycles. The zero-order chi connectivity index (χ0) is 24.7. The normalized spacial score (nSPS) is 20.5. The van der Waals surface area contributed by atoms with Crippen LogP contribution in [0.15, 0.2) is 71.8 Å². The van der Waals surface area contributed by atoms with Crippen LogP contribution in [-0.2, 0) is 4.79 Å². The van der Waals surface area contributed by atoms with Crippen LogP contribution in [0, 0.1) is 17.6 Å². The Morgan fingerprint density at radius 2 is 1.59 bits per heavy atom. The molecule has 1 heterocycles. The first-order valence-corrected chi connectivity index (χ1v) is 12.0. The number of benzene rings is 2. The molecule has 0 aromatic heterocycles. The number of nitrogens with zero attached hydrogens (tertiary/aromatic N) is 1. The Labute approximate surface area is 200 Å². The Hall–Kier alpha value is -2.83. The maximum Gasteiger partial charge on any atom is 0.233 e. The van der Waals surface area contributed by atoms with Crippen LogP contribution in [0.2, 0.25) is 0 Å². The molecule has 1 aliphatic heterocycles. The van der Waals surface area contributed by atoms with E-state index in [1.165, 1.54) is 29.8 Å². The fourth-order valence-electron chi connectivity index (χ4n) is 4.63. The number of carbonyl (C=O) groups is 1. The molecule has 2 N–H and O–H groups in total. The van der Waals surface area contributed by atoms with E-state index >= 15 is 0 Å². The number of rotatable bonds is 8. The van der Waals surface area contributed by atoms with E-state index in [2.05, 4.69) is 0 Å². The number of amides is 1. The second-order valence-electron chi connectivity index (χ2n) is 8.42. The van der Waals surface area contributed by atoms with Gasteiger partial charge in [-0.1, -0.05) is 43.7 Å². The fraction of sp³-hybridized carbons (Fsp3) is 0.393. The molecule has 0 unspecified atom stereocenters. The minimum absolute atomic E-state index is 0.0426. The first-order chi connectivity index (χ1) is 16.5. The third-order valence-electron chi connectivity index (χ3n) is 6.41. The predicted molar refractivity (Wildman–Crippen MR) is 130 cm³/mol. The number of carbonyl (C=O) groups excluding carboxylic acids is 1. The molecule has 6 heteroatoms. The molecule has 4 rings (SSSR count). The lowest BCUT2D eigenvalue weighted by Gasteiger charge is -2.49. The molecule has 0 radical (unpaired) electrons. The van der Waals surface area contributed by atoms with Gasteiger partial charge in [0.25, 0.3) is 0 Å². The van der Waals surface area contributed by atoms with Crippen molar-refractivity contribution in [3.05, 3.63) is 89.0 Å². The zero-order valence-corrected chi connectivity index (χ0v) is 19.8. The van der Waals surface area contributed by atoms with Crippen LogP contribution in [0.4, 0.5) is 14.5 Å². The molecule has 2 aromatic rings. The van der Waals surface area contributed by atoms with Gasteiger partial charge < -0.3 is 15.1 Å². The van der Waals surface area contributed by atoms with Crippen LogP contribution < -0.4 is 4.90 Å². The smallest absolute Gasteiger partial charge is 0.233 e. The van der Waals surface area contributed by atoms with Crippen molar-refractivity contribution in [2.75, 3.05) is 11.5 Å². The van der Waals surface area contributed by atoms with Crippen LogP contribution in [0.1, 0.15) is 57.6 Å². The third kappa shape index (κ3) is 5.80. The van der Waals surface area contributed by atoms with Crippen molar-refractivity contribution in [2.24, 2.45) is 5.92 Å². The quantitative estimate of drug-likeness (QED) is 0.476. The number of β-lactam (4-membered cyclic amide) rings is 1. The van der Waals surface area contributed by atoms with Crippen LogP contribution in [0.3, 0.4) is 0 Å². The van der Waals surface area contributed by atoms with Crippen molar-refractivity contribution in [3.63, 3.8) is 0 Å². The summed E-state index contributed by atoms with van der Waals surface area (Å²) in [6.07, 6.45) is 6.41. The molecular weight excluding hydrogens is 436 g/mol. The topological polar surface area (TPSA) is 60.8 Å². The SMILES string of the molecule is CC.O=C1[C@H](CC[C@H](O)c2ccc(F)cc2)[C@@H](C2=CC=C(CCO)CC2)N1c1ccc(F)cc1. The number of anilines is 1. The molecule has 34 heavy (non-hydrogen) atoms. The van der Waals surface area contributed by atoms with Gasteiger partial charge in [-0.05, 0) is 79.6 Å². The van der Waals surface area contributed by atoms with Gasteiger partial charge in [0, 0.05) is 12.3 Å². The molecule has 2 aliphatic rings. The molecule has 0 saturated carbocycles. The molecule has 3 atom stereocenters. The minimum Gasteiger partial charge on any atom is -0.396 e. The van der Waals surface area contributed by atoms with Crippen molar-refractivity contribution < 1.29 is 23.8 Å². The molecule has 1 amide bonds. The number of aliphatic hydroxyl groups excluding tert-OH is 2. The number of allylic oxidation sites excluding steroid dienone is 2. The van der Waals surface area contributed by atoms with Gasteiger partial charge in [0.15, 0.2) is 0 Å². The third-order valence-corrected chi connectivity index (χ3v) is 6.41. The van der Waals surface area contributed by atoms with E-state index in [0.29, 0.717) is 30.5 Å². The maximum atomic E-state index is 13.4. The average molecular weight is 470 g/mol. The summed E-state index contributed by atoms with van der Waals surface area (Å²) in [5.74, 6) is -1.04. The highest BCUT2D eigenvalue weighted by atomic mass is 19.1. The van der Waals surface area contributed by atoms with E-state index < -0.39 is 6.10 Å². The van der Waals surface area contributed by atoms with Gasteiger partial charge in [-0.15, -0.1) is 0 Å². The molecule has 182 valence electrons. The monoisotopic (exact) mass is 469 g/mol. The fourth-order valence-corrected chi connectivity index (χ4v) is 4.63. The summed E-state index contributed by atoms with van der Waals surface area (Å²) in [4.78, 5) is 14.8. The Kier molecular flexibility index (Phi) is 9.13. The summed E-state index contributed by atoms with van der Waals surface area (Å²) in [6.45, 7) is 4.11. The van der Waals surface area contributed by atoms with Gasteiger partial charge in [0.05, 0.1) is 18.1 Å². The number of hydrogen-bond donors (Lipinski definition) is 2. The minimum atomic E-state index is -0.777. The van der Waals surface area contributed by atoms with Gasteiger partial charge in [0.1, 0.15) is 11.6 Å². The Morgan fingerprint density at radius 1 is 0.971 bits per heavy atom. The van der Waals surface area contributed by atoms with E-state index in [-0.39, 0.29) is 36.1 Å². The van der Waals surface area contributed by atoms with Crippen LogP contribution in [0.5, 0.6) is 0 Å². The highest BCUT2D eigenvalue weighted by molar-refractivity contribution is 6.04. The number of hydrogen-bond acceptors (Lipinski definition) is 3. The van der Waals surface area contributed by atoms with Gasteiger partial charge >= 0.3 is 0 Å². The second-order valence-corrected chi connectivity index (χ2v) is 8.42.